The molecule has 17 heavy (non-hydrogen) atoms. The zero-order chi connectivity index (χ0) is 12.6. The van der Waals surface area contributed by atoms with Gasteiger partial charge in [-0.3, -0.25) is 0 Å². The Hall–Kier alpha value is -0.940. The van der Waals surface area contributed by atoms with Crippen LogP contribution in [0.5, 0.6) is 0 Å². The van der Waals surface area contributed by atoms with Gasteiger partial charge in [-0.25, -0.2) is 12.8 Å². The van der Waals surface area contributed by atoms with Crippen LogP contribution in [0.15, 0.2) is 23.1 Å². The lowest BCUT2D eigenvalue weighted by Gasteiger charge is -2.15. The predicted molar refractivity (Wildman–Crippen MR) is 64.2 cm³/mol. The van der Waals surface area contributed by atoms with Gasteiger partial charge in [0.2, 0.25) is 0 Å². The van der Waals surface area contributed by atoms with Crippen molar-refractivity contribution in [1.82, 2.24) is 5.32 Å². The fourth-order valence-electron chi connectivity index (χ4n) is 2.24. The van der Waals surface area contributed by atoms with E-state index in [0.29, 0.717) is 12.0 Å². The summed E-state index contributed by atoms with van der Waals surface area (Å²) in [7, 11) is -1.56. The molecule has 5 heteroatoms. The Morgan fingerprint density at radius 1 is 1.53 bits per heavy atom. The summed E-state index contributed by atoms with van der Waals surface area (Å²) in [5.74, 6) is -0.411. The van der Waals surface area contributed by atoms with Gasteiger partial charge in [-0.1, -0.05) is 6.07 Å². The minimum Gasteiger partial charge on any atom is -0.317 e. The van der Waals surface area contributed by atoms with Crippen molar-refractivity contribution in [3.63, 3.8) is 0 Å². The van der Waals surface area contributed by atoms with Crippen molar-refractivity contribution in [2.75, 3.05) is 7.05 Å². The number of fused-ring (bicyclic) bond motifs is 1. The van der Waals surface area contributed by atoms with E-state index >= 15 is 0 Å². The molecule has 0 radical (unpaired) electrons. The normalized spacial score (nSPS) is 23.4. The van der Waals surface area contributed by atoms with Gasteiger partial charge >= 0.3 is 0 Å². The molecule has 0 amide bonds. The Labute approximate surface area is 101 Å². The van der Waals surface area contributed by atoms with Gasteiger partial charge in [-0.15, -0.1) is 0 Å². The summed E-state index contributed by atoms with van der Waals surface area (Å²) >= 11 is 0. The van der Waals surface area contributed by atoms with Crippen LogP contribution >= 0.6 is 0 Å². The monoisotopic (exact) mass is 257 g/mol. The Bertz CT molecular complexity index is 527. The van der Waals surface area contributed by atoms with Gasteiger partial charge in [0, 0.05) is 11.6 Å². The highest BCUT2D eigenvalue weighted by atomic mass is 32.2. The minimum atomic E-state index is -3.35. The number of hydrogen-bond donors (Lipinski definition) is 1. The van der Waals surface area contributed by atoms with Crippen LogP contribution in [0.25, 0.3) is 0 Å². The first-order valence-electron chi connectivity index (χ1n) is 5.65. The highest BCUT2D eigenvalue weighted by Crippen LogP contribution is 2.34. The molecule has 0 bridgehead atoms. The third kappa shape index (κ3) is 2.09. The number of benzene rings is 1. The lowest BCUT2D eigenvalue weighted by atomic mass is 10.1. The van der Waals surface area contributed by atoms with E-state index in [0.717, 1.165) is 0 Å². The van der Waals surface area contributed by atoms with Gasteiger partial charge in [0.1, 0.15) is 5.82 Å². The van der Waals surface area contributed by atoms with Crippen LogP contribution in [-0.2, 0) is 16.3 Å². The first kappa shape index (κ1) is 12.5. The lowest BCUT2D eigenvalue weighted by Crippen LogP contribution is -2.29. The second-order valence-electron chi connectivity index (χ2n) is 4.51. The fourth-order valence-corrected chi connectivity index (χ4v) is 4.32. The maximum Gasteiger partial charge on any atom is 0.181 e. The smallest absolute Gasteiger partial charge is 0.181 e. The van der Waals surface area contributed by atoms with Crippen molar-refractivity contribution >= 4 is 9.84 Å². The van der Waals surface area contributed by atoms with E-state index in [2.05, 4.69) is 5.32 Å². The highest BCUT2D eigenvalue weighted by Gasteiger charge is 2.38. The molecule has 2 unspecified atom stereocenters. The molecule has 1 aromatic rings. The molecule has 2 atom stereocenters. The van der Waals surface area contributed by atoms with Crippen molar-refractivity contribution in [3.8, 4) is 0 Å². The summed E-state index contributed by atoms with van der Waals surface area (Å²) < 4.78 is 37.9. The average molecular weight is 257 g/mol. The molecule has 1 aromatic carbocycles. The van der Waals surface area contributed by atoms with Crippen LogP contribution in [-0.4, -0.2) is 26.8 Å². The summed E-state index contributed by atoms with van der Waals surface area (Å²) in [6.07, 6.45) is 0.795. The van der Waals surface area contributed by atoms with Crippen molar-refractivity contribution in [1.29, 1.82) is 0 Å². The molecule has 2 rings (SSSR count). The molecule has 1 aliphatic heterocycles. The van der Waals surface area contributed by atoms with E-state index in [4.69, 9.17) is 0 Å². The lowest BCUT2D eigenvalue weighted by molar-refractivity contribution is 0.523. The van der Waals surface area contributed by atoms with E-state index in [9.17, 15) is 12.8 Å². The minimum absolute atomic E-state index is 0.104. The largest absolute Gasteiger partial charge is 0.317 e. The van der Waals surface area contributed by atoms with Gasteiger partial charge in [0.05, 0.1) is 10.1 Å². The third-order valence-corrected chi connectivity index (χ3v) is 5.59. The first-order valence-corrected chi connectivity index (χ1v) is 7.20. The summed E-state index contributed by atoms with van der Waals surface area (Å²) in [4.78, 5) is 0.172. The second-order valence-corrected chi connectivity index (χ2v) is 6.71. The van der Waals surface area contributed by atoms with E-state index in [1.54, 1.807) is 7.05 Å². The molecule has 94 valence electrons. The van der Waals surface area contributed by atoms with Crippen LogP contribution in [0.4, 0.5) is 4.39 Å². The molecule has 0 spiro atoms. The topological polar surface area (TPSA) is 46.2 Å². The van der Waals surface area contributed by atoms with E-state index in [1.807, 2.05) is 6.92 Å². The fraction of sp³-hybridized carbons (Fsp3) is 0.500. The van der Waals surface area contributed by atoms with Crippen molar-refractivity contribution in [2.24, 2.45) is 0 Å². The number of halogens is 1. The summed E-state index contributed by atoms with van der Waals surface area (Å²) in [6, 6.07) is 4.37. The molecule has 3 nitrogen and oxygen atoms in total. The van der Waals surface area contributed by atoms with Gasteiger partial charge < -0.3 is 5.32 Å². The quantitative estimate of drug-likeness (QED) is 0.893. The molecule has 0 fully saturated rings. The van der Waals surface area contributed by atoms with Gasteiger partial charge in [0.15, 0.2) is 9.84 Å². The van der Waals surface area contributed by atoms with E-state index in [-0.39, 0.29) is 17.4 Å². The Morgan fingerprint density at radius 2 is 2.24 bits per heavy atom. The highest BCUT2D eigenvalue weighted by molar-refractivity contribution is 7.92. The molecule has 0 aromatic heterocycles. The Kier molecular flexibility index (Phi) is 3.23. The van der Waals surface area contributed by atoms with Gasteiger partial charge in [-0.05, 0) is 38.9 Å². The number of nitrogens with one attached hydrogen (secondary N) is 1. The molecule has 0 saturated heterocycles. The SMILES string of the molecule is CNC(C)CC1Cc2c(F)cccc2S1(=O)=O. The van der Waals surface area contributed by atoms with Crippen LogP contribution in [0, 0.1) is 5.82 Å². The van der Waals surface area contributed by atoms with Crippen molar-refractivity contribution in [2.45, 2.75) is 36.0 Å². The van der Waals surface area contributed by atoms with Crippen molar-refractivity contribution in [3.05, 3.63) is 29.6 Å². The van der Waals surface area contributed by atoms with Crippen LogP contribution in [0.2, 0.25) is 0 Å². The number of rotatable bonds is 3. The molecular formula is C12H16FNO2S. The predicted octanol–water partition coefficient (Wildman–Crippen LogP) is 1.52. The molecular weight excluding hydrogens is 241 g/mol. The first-order chi connectivity index (χ1) is 7.96. The summed E-state index contributed by atoms with van der Waals surface area (Å²) in [5, 5.41) is 2.51. The van der Waals surface area contributed by atoms with Gasteiger partial charge in [0.25, 0.3) is 0 Å². The third-order valence-electron chi connectivity index (χ3n) is 3.36. The maximum absolute atomic E-state index is 13.5. The Morgan fingerprint density at radius 3 is 2.82 bits per heavy atom. The van der Waals surface area contributed by atoms with Gasteiger partial charge in [-0.2, -0.15) is 0 Å². The zero-order valence-electron chi connectivity index (χ0n) is 9.90. The van der Waals surface area contributed by atoms with Crippen LogP contribution < -0.4 is 5.32 Å². The van der Waals surface area contributed by atoms with E-state index in [1.165, 1.54) is 18.2 Å². The van der Waals surface area contributed by atoms with Crippen LogP contribution in [0.3, 0.4) is 0 Å². The number of hydrogen-bond acceptors (Lipinski definition) is 3. The zero-order valence-corrected chi connectivity index (χ0v) is 10.7. The molecule has 1 N–H and O–H groups in total. The molecule has 1 heterocycles. The maximum atomic E-state index is 13.5. The standard InChI is InChI=1S/C12H16FNO2S/c1-8(14-2)6-9-7-10-11(13)4-3-5-12(10)17(9,15)16/h3-5,8-9,14H,6-7H2,1-2H3. The Balaban J connectivity index is 2.37. The average Bonchev–Trinajstić information content (AvgIpc) is 2.53. The number of sulfone groups is 1. The summed E-state index contributed by atoms with van der Waals surface area (Å²) in [5.41, 5.74) is 0.348. The second kappa shape index (κ2) is 4.38. The van der Waals surface area contributed by atoms with Crippen LogP contribution in [0.1, 0.15) is 18.9 Å². The molecule has 0 aliphatic carbocycles. The summed E-state index contributed by atoms with van der Waals surface area (Å²) in [6.45, 7) is 1.93. The molecule has 0 saturated carbocycles. The molecule has 1 aliphatic rings. The van der Waals surface area contributed by atoms with Crippen molar-refractivity contribution < 1.29 is 12.8 Å². The van der Waals surface area contributed by atoms with E-state index < -0.39 is 20.9 Å².